The van der Waals surface area contributed by atoms with Gasteiger partial charge in [0, 0.05) is 0 Å². The number of Topliss-reactive ketones (excluding diaryl/α,β-unsaturated/α-hetero) is 1. The van der Waals surface area contributed by atoms with Crippen LogP contribution in [0.2, 0.25) is 0 Å². The number of ketones is 1. The highest BCUT2D eigenvalue weighted by Gasteiger charge is 2.22. The van der Waals surface area contributed by atoms with Crippen LogP contribution in [-0.2, 0) is 0 Å². The van der Waals surface area contributed by atoms with Gasteiger partial charge in [-0.05, 0) is 31.3 Å². The fourth-order valence-corrected chi connectivity index (χ4v) is 2.85. The second-order valence-corrected chi connectivity index (χ2v) is 4.92. The Hall–Kier alpha value is -0.840. The highest BCUT2D eigenvalue weighted by Crippen LogP contribution is 2.27. The Morgan fingerprint density at radius 3 is 2.80 bits per heavy atom. The first-order chi connectivity index (χ1) is 7.20. The molecule has 1 aliphatic rings. The summed E-state index contributed by atoms with van der Waals surface area (Å²) >= 11 is 1.88. The van der Waals surface area contributed by atoms with Gasteiger partial charge < -0.3 is 0 Å². The Bertz CT molecular complexity index is 371. The fraction of sp³-hybridized carbons (Fsp3) is 0.600. The van der Waals surface area contributed by atoms with E-state index in [9.17, 15) is 9.18 Å². The molecule has 0 atom stereocenters. The third kappa shape index (κ3) is 2.07. The number of nitrogens with zero attached hydrogens (tertiary/aromatic N) is 2. The molecule has 1 fully saturated rings. The first-order valence-corrected chi connectivity index (χ1v) is 6.17. The number of thioether (sulfide) groups is 1. The molecule has 5 heteroatoms. The van der Waals surface area contributed by atoms with E-state index >= 15 is 0 Å². The van der Waals surface area contributed by atoms with Crippen LogP contribution in [0.4, 0.5) is 4.39 Å². The van der Waals surface area contributed by atoms with E-state index in [1.807, 2.05) is 11.8 Å². The van der Waals surface area contributed by atoms with Crippen molar-refractivity contribution >= 4 is 17.5 Å². The van der Waals surface area contributed by atoms with Gasteiger partial charge in [0.2, 0.25) is 5.95 Å². The lowest BCUT2D eigenvalue weighted by Crippen LogP contribution is -2.18. The van der Waals surface area contributed by atoms with Crippen LogP contribution < -0.4 is 0 Å². The Kier molecular flexibility index (Phi) is 3.09. The van der Waals surface area contributed by atoms with Crippen molar-refractivity contribution in [3.05, 3.63) is 17.7 Å². The molecular formula is C10H13FN2OS. The van der Waals surface area contributed by atoms with Gasteiger partial charge in [-0.15, -0.1) is 0 Å². The summed E-state index contributed by atoms with van der Waals surface area (Å²) < 4.78 is 15.1. The van der Waals surface area contributed by atoms with Gasteiger partial charge in [0.1, 0.15) is 0 Å². The summed E-state index contributed by atoms with van der Waals surface area (Å²) in [6, 6.07) is 0.124. The van der Waals surface area contributed by atoms with E-state index in [0.29, 0.717) is 0 Å². The fourth-order valence-electron chi connectivity index (χ4n) is 1.77. The molecule has 1 aromatic rings. The summed E-state index contributed by atoms with van der Waals surface area (Å²) in [4.78, 5) is 11.1. The smallest absolute Gasteiger partial charge is 0.222 e. The number of hydrogen-bond acceptors (Lipinski definition) is 3. The molecule has 0 N–H and O–H groups in total. The zero-order chi connectivity index (χ0) is 10.8. The molecule has 0 bridgehead atoms. The number of carbonyl (C=O) groups is 1. The predicted octanol–water partition coefficient (Wildman–Crippen LogP) is 2.29. The van der Waals surface area contributed by atoms with Crippen molar-refractivity contribution in [2.45, 2.75) is 25.8 Å². The van der Waals surface area contributed by atoms with Gasteiger partial charge in [-0.25, -0.2) is 4.68 Å². The van der Waals surface area contributed by atoms with E-state index in [2.05, 4.69) is 5.10 Å². The molecule has 0 radical (unpaired) electrons. The molecule has 2 rings (SSSR count). The van der Waals surface area contributed by atoms with Crippen molar-refractivity contribution in [3.8, 4) is 0 Å². The van der Waals surface area contributed by atoms with E-state index in [0.717, 1.165) is 24.3 Å². The molecule has 0 aliphatic carbocycles. The standard InChI is InChI=1S/C10H13FN2OS/c1-7(14)9-6-12-13(10(9)11)8-2-4-15-5-3-8/h6,8H,2-5H2,1H3. The first-order valence-electron chi connectivity index (χ1n) is 5.02. The molecule has 1 saturated heterocycles. The lowest BCUT2D eigenvalue weighted by molar-refractivity contribution is 0.101. The van der Waals surface area contributed by atoms with Crippen molar-refractivity contribution in [2.24, 2.45) is 0 Å². The Morgan fingerprint density at radius 2 is 2.27 bits per heavy atom. The zero-order valence-electron chi connectivity index (χ0n) is 8.57. The second kappa shape index (κ2) is 4.35. The summed E-state index contributed by atoms with van der Waals surface area (Å²) in [6.45, 7) is 1.36. The molecule has 3 nitrogen and oxygen atoms in total. The lowest BCUT2D eigenvalue weighted by atomic mass is 10.1. The highest BCUT2D eigenvalue weighted by atomic mass is 32.2. The highest BCUT2D eigenvalue weighted by molar-refractivity contribution is 7.99. The van der Waals surface area contributed by atoms with Crippen LogP contribution >= 0.6 is 11.8 Å². The summed E-state index contributed by atoms with van der Waals surface area (Å²) in [5, 5.41) is 3.97. The molecule has 1 aliphatic heterocycles. The summed E-state index contributed by atoms with van der Waals surface area (Å²) in [5.74, 6) is 1.35. The van der Waals surface area contributed by atoms with Gasteiger partial charge in [0.05, 0.1) is 17.8 Å². The van der Waals surface area contributed by atoms with E-state index in [4.69, 9.17) is 0 Å². The lowest BCUT2D eigenvalue weighted by Gasteiger charge is -2.21. The SMILES string of the molecule is CC(=O)c1cnn(C2CCSCC2)c1F. The minimum atomic E-state index is -0.473. The molecule has 1 aromatic heterocycles. The maximum absolute atomic E-state index is 13.7. The van der Waals surface area contributed by atoms with Crippen molar-refractivity contribution in [1.82, 2.24) is 9.78 Å². The summed E-state index contributed by atoms with van der Waals surface area (Å²) in [5.41, 5.74) is 0.105. The maximum atomic E-state index is 13.7. The van der Waals surface area contributed by atoms with Gasteiger partial charge in [0.25, 0.3) is 0 Å². The third-order valence-electron chi connectivity index (χ3n) is 2.65. The normalized spacial score (nSPS) is 18.0. The zero-order valence-corrected chi connectivity index (χ0v) is 9.39. The molecular weight excluding hydrogens is 215 g/mol. The Morgan fingerprint density at radius 1 is 1.60 bits per heavy atom. The summed E-state index contributed by atoms with van der Waals surface area (Å²) in [7, 11) is 0. The predicted molar refractivity (Wildman–Crippen MR) is 57.8 cm³/mol. The van der Waals surface area contributed by atoms with Crippen LogP contribution in [0.15, 0.2) is 6.20 Å². The number of aromatic nitrogens is 2. The van der Waals surface area contributed by atoms with Crippen molar-refractivity contribution in [1.29, 1.82) is 0 Å². The van der Waals surface area contributed by atoms with E-state index in [1.165, 1.54) is 17.8 Å². The number of carbonyl (C=O) groups excluding carboxylic acids is 1. The van der Waals surface area contributed by atoms with E-state index in [-0.39, 0.29) is 17.4 Å². The van der Waals surface area contributed by atoms with E-state index < -0.39 is 5.95 Å². The maximum Gasteiger partial charge on any atom is 0.222 e. The van der Waals surface area contributed by atoms with Crippen LogP contribution in [0, 0.1) is 5.95 Å². The third-order valence-corrected chi connectivity index (χ3v) is 3.70. The van der Waals surface area contributed by atoms with Crippen molar-refractivity contribution in [3.63, 3.8) is 0 Å². The minimum absolute atomic E-state index is 0.105. The van der Waals surface area contributed by atoms with Crippen LogP contribution in [0.5, 0.6) is 0 Å². The molecule has 0 amide bonds. The quantitative estimate of drug-likeness (QED) is 0.728. The molecule has 0 spiro atoms. The van der Waals surface area contributed by atoms with Gasteiger partial charge in [-0.3, -0.25) is 4.79 Å². The van der Waals surface area contributed by atoms with Crippen LogP contribution in [0.3, 0.4) is 0 Å². The minimum Gasteiger partial charge on any atom is -0.294 e. The van der Waals surface area contributed by atoms with E-state index in [1.54, 1.807) is 0 Å². The van der Waals surface area contributed by atoms with Gasteiger partial charge in [-0.2, -0.15) is 21.3 Å². The van der Waals surface area contributed by atoms with Crippen LogP contribution in [-0.4, -0.2) is 27.1 Å². The number of halogens is 1. The number of rotatable bonds is 2. The molecule has 82 valence electrons. The second-order valence-electron chi connectivity index (χ2n) is 3.69. The average molecular weight is 228 g/mol. The molecule has 2 heterocycles. The largest absolute Gasteiger partial charge is 0.294 e. The van der Waals surface area contributed by atoms with Gasteiger partial charge in [-0.1, -0.05) is 0 Å². The molecule has 0 saturated carbocycles. The van der Waals surface area contributed by atoms with Gasteiger partial charge >= 0.3 is 0 Å². The average Bonchev–Trinajstić information content (AvgIpc) is 2.61. The van der Waals surface area contributed by atoms with Crippen LogP contribution in [0.25, 0.3) is 0 Å². The number of hydrogen-bond donors (Lipinski definition) is 0. The van der Waals surface area contributed by atoms with Crippen molar-refractivity contribution in [2.75, 3.05) is 11.5 Å². The van der Waals surface area contributed by atoms with Crippen LogP contribution in [0.1, 0.15) is 36.2 Å². The Labute approximate surface area is 92.0 Å². The first kappa shape index (κ1) is 10.7. The molecule has 0 aromatic carbocycles. The molecule has 0 unspecified atom stereocenters. The van der Waals surface area contributed by atoms with Gasteiger partial charge in [0.15, 0.2) is 5.78 Å². The van der Waals surface area contributed by atoms with Crippen molar-refractivity contribution < 1.29 is 9.18 Å². The topological polar surface area (TPSA) is 34.9 Å². The monoisotopic (exact) mass is 228 g/mol. The molecule has 15 heavy (non-hydrogen) atoms. The Balaban J connectivity index is 2.24. The summed E-state index contributed by atoms with van der Waals surface area (Å²) in [6.07, 6.45) is 3.20.